The summed E-state index contributed by atoms with van der Waals surface area (Å²) in [6.07, 6.45) is 6.62. The molecule has 4 atom stereocenters. The molecule has 0 radical (unpaired) electrons. The molecule has 1 aliphatic heterocycles. The predicted molar refractivity (Wildman–Crippen MR) is 156 cm³/mol. The number of ketones is 1. The molecule has 41 heavy (non-hydrogen) atoms. The van der Waals surface area contributed by atoms with Gasteiger partial charge >= 0.3 is 0 Å². The van der Waals surface area contributed by atoms with Crippen LogP contribution in [0.1, 0.15) is 63.9 Å². The second-order valence-electron chi connectivity index (χ2n) is 11.3. The molecule has 2 fully saturated rings. The molecule has 0 spiro atoms. The smallest absolute Gasteiger partial charge is 0.289 e. The van der Waals surface area contributed by atoms with Crippen LogP contribution in [0.2, 0.25) is 0 Å². The lowest BCUT2D eigenvalue weighted by Crippen LogP contribution is -2.56. The number of hydrogen-bond donors (Lipinski definition) is 4. The van der Waals surface area contributed by atoms with Gasteiger partial charge in [-0.2, -0.15) is 0 Å². The Bertz CT molecular complexity index is 1190. The SMILES string of the molecule is C[C@@H]1CC(C(=O)NC(CCC=N)C(=O)C(=O)NCCS(=O)(=O)Cc2ccccc2)N(C(=O)C(N)C2CCCCC2)C1. The van der Waals surface area contributed by atoms with Gasteiger partial charge in [0.25, 0.3) is 5.91 Å². The fraction of sp³-hybridized carbons (Fsp3) is 0.621. The minimum absolute atomic E-state index is 0.0195. The number of nitrogens with zero attached hydrogens (tertiary/aromatic N) is 1. The molecule has 12 heteroatoms. The summed E-state index contributed by atoms with van der Waals surface area (Å²) < 4.78 is 24.8. The summed E-state index contributed by atoms with van der Waals surface area (Å²) in [6, 6.07) is 5.93. The minimum Gasteiger partial charge on any atom is -0.348 e. The van der Waals surface area contributed by atoms with Crippen molar-refractivity contribution >= 4 is 39.6 Å². The number of nitrogens with one attached hydrogen (secondary N) is 3. The zero-order valence-corrected chi connectivity index (χ0v) is 24.5. The molecule has 5 N–H and O–H groups in total. The Kier molecular flexibility index (Phi) is 12.0. The number of hydrogen-bond acceptors (Lipinski definition) is 8. The lowest BCUT2D eigenvalue weighted by molar-refractivity contribution is -0.143. The van der Waals surface area contributed by atoms with E-state index >= 15 is 0 Å². The maximum atomic E-state index is 13.4. The number of likely N-dealkylation sites (tertiary alicyclic amines) is 1. The Balaban J connectivity index is 1.59. The molecule has 1 aromatic rings. The molecule has 1 heterocycles. The maximum Gasteiger partial charge on any atom is 0.289 e. The Hall–Kier alpha value is -3.12. The monoisotopic (exact) mass is 589 g/mol. The zero-order chi connectivity index (χ0) is 30.0. The van der Waals surface area contributed by atoms with Crippen LogP contribution in [0.4, 0.5) is 0 Å². The molecule has 3 amide bonds. The van der Waals surface area contributed by atoms with Crippen LogP contribution in [0.25, 0.3) is 0 Å². The molecule has 1 saturated carbocycles. The predicted octanol–water partition coefficient (Wildman–Crippen LogP) is 1.35. The van der Waals surface area contributed by atoms with Crippen LogP contribution in [0.15, 0.2) is 30.3 Å². The van der Waals surface area contributed by atoms with Gasteiger partial charge in [0.2, 0.25) is 17.6 Å². The molecule has 1 aliphatic carbocycles. The van der Waals surface area contributed by atoms with Crippen LogP contribution in [0.3, 0.4) is 0 Å². The Labute approximate surface area is 242 Å². The quantitative estimate of drug-likeness (QED) is 0.187. The standard InChI is InChI=1S/C29H43N5O6S/c1-20-17-24(34(18-20)29(38)25(31)22-11-6-3-7-12-22)27(36)33-23(13-8-14-30)26(35)28(37)32-15-16-41(39,40)19-21-9-4-2-5-10-21/h2,4-5,9-10,14,20,22-25,30H,3,6-8,11-13,15-19,31H2,1H3,(H,32,37)(H,33,36)/t20-,23?,24?,25?/m1/s1. The summed E-state index contributed by atoms with van der Waals surface area (Å²) in [5, 5.41) is 12.3. The van der Waals surface area contributed by atoms with Gasteiger partial charge in [0.05, 0.1) is 23.6 Å². The van der Waals surface area contributed by atoms with Crippen molar-refractivity contribution in [1.82, 2.24) is 15.5 Å². The van der Waals surface area contributed by atoms with Gasteiger partial charge in [0.1, 0.15) is 6.04 Å². The average molecular weight is 590 g/mol. The molecule has 0 aromatic heterocycles. The lowest BCUT2D eigenvalue weighted by atomic mass is 9.83. The molecule has 226 valence electrons. The minimum atomic E-state index is -3.53. The maximum absolute atomic E-state index is 13.4. The van der Waals surface area contributed by atoms with E-state index in [1.165, 1.54) is 4.90 Å². The fourth-order valence-electron chi connectivity index (χ4n) is 5.68. The Morgan fingerprint density at radius 2 is 1.80 bits per heavy atom. The van der Waals surface area contributed by atoms with Gasteiger partial charge < -0.3 is 26.7 Å². The highest BCUT2D eigenvalue weighted by Gasteiger charge is 2.42. The highest BCUT2D eigenvalue weighted by atomic mass is 32.2. The molecule has 0 bridgehead atoms. The number of carbonyl (C=O) groups is 4. The van der Waals surface area contributed by atoms with Crippen molar-refractivity contribution in [1.29, 1.82) is 5.41 Å². The van der Waals surface area contributed by atoms with Gasteiger partial charge in [0.15, 0.2) is 9.84 Å². The summed E-state index contributed by atoms with van der Waals surface area (Å²) in [4.78, 5) is 53.8. The summed E-state index contributed by atoms with van der Waals surface area (Å²) in [7, 11) is -3.53. The third-order valence-electron chi connectivity index (χ3n) is 7.92. The summed E-state index contributed by atoms with van der Waals surface area (Å²) in [5.74, 6) is -3.14. The highest BCUT2D eigenvalue weighted by Crippen LogP contribution is 2.29. The van der Waals surface area contributed by atoms with E-state index in [0.717, 1.165) is 38.3 Å². The number of benzene rings is 1. The van der Waals surface area contributed by atoms with Crippen LogP contribution in [-0.4, -0.2) is 80.0 Å². The van der Waals surface area contributed by atoms with Crippen molar-refractivity contribution in [3.05, 3.63) is 35.9 Å². The number of Topliss-reactive ketones (excluding diaryl/α,β-unsaturated/α-hetero) is 1. The molecular weight excluding hydrogens is 546 g/mol. The molecule has 3 unspecified atom stereocenters. The number of amides is 3. The Morgan fingerprint density at radius 1 is 1.12 bits per heavy atom. The Morgan fingerprint density at radius 3 is 2.46 bits per heavy atom. The van der Waals surface area contributed by atoms with Gasteiger partial charge in [-0.3, -0.25) is 19.2 Å². The van der Waals surface area contributed by atoms with E-state index < -0.39 is 45.6 Å². The molecule has 11 nitrogen and oxygen atoms in total. The summed E-state index contributed by atoms with van der Waals surface area (Å²) >= 11 is 0. The first-order valence-corrected chi connectivity index (χ1v) is 16.3. The van der Waals surface area contributed by atoms with E-state index in [9.17, 15) is 27.6 Å². The zero-order valence-electron chi connectivity index (χ0n) is 23.7. The van der Waals surface area contributed by atoms with Gasteiger partial charge in [-0.25, -0.2) is 8.42 Å². The summed E-state index contributed by atoms with van der Waals surface area (Å²) in [5.41, 5.74) is 6.98. The van der Waals surface area contributed by atoms with Crippen molar-refractivity contribution in [2.45, 2.75) is 82.2 Å². The van der Waals surface area contributed by atoms with Crippen molar-refractivity contribution < 1.29 is 27.6 Å². The number of carbonyl (C=O) groups excluding carboxylic acids is 4. The van der Waals surface area contributed by atoms with Crippen molar-refractivity contribution in [2.24, 2.45) is 17.6 Å². The molecule has 3 rings (SSSR count). The van der Waals surface area contributed by atoms with Crippen molar-refractivity contribution in [3.8, 4) is 0 Å². The van der Waals surface area contributed by atoms with E-state index in [1.807, 2.05) is 6.92 Å². The van der Waals surface area contributed by atoms with Gasteiger partial charge in [-0.1, -0.05) is 56.5 Å². The van der Waals surface area contributed by atoms with Crippen molar-refractivity contribution in [2.75, 3.05) is 18.8 Å². The van der Waals surface area contributed by atoms with Crippen LogP contribution >= 0.6 is 0 Å². The van der Waals surface area contributed by atoms with E-state index in [2.05, 4.69) is 10.6 Å². The van der Waals surface area contributed by atoms with E-state index in [-0.39, 0.29) is 48.6 Å². The summed E-state index contributed by atoms with van der Waals surface area (Å²) in [6.45, 7) is 2.07. The number of sulfone groups is 1. The lowest BCUT2D eigenvalue weighted by Gasteiger charge is -2.32. The highest BCUT2D eigenvalue weighted by molar-refractivity contribution is 7.90. The second-order valence-corrected chi connectivity index (χ2v) is 13.5. The third-order valence-corrected chi connectivity index (χ3v) is 9.52. The van der Waals surface area contributed by atoms with Crippen LogP contribution in [0, 0.1) is 17.2 Å². The first kappa shape index (κ1) is 32.4. The van der Waals surface area contributed by atoms with E-state index in [0.29, 0.717) is 18.5 Å². The molecular formula is C29H43N5O6S. The number of nitrogens with two attached hydrogens (primary N) is 1. The second kappa shape index (κ2) is 15.2. The van der Waals surface area contributed by atoms with E-state index in [4.69, 9.17) is 11.1 Å². The van der Waals surface area contributed by atoms with Crippen molar-refractivity contribution in [3.63, 3.8) is 0 Å². The van der Waals surface area contributed by atoms with E-state index in [1.54, 1.807) is 30.3 Å². The van der Waals surface area contributed by atoms with Gasteiger partial charge in [-0.05, 0) is 55.7 Å². The molecule has 1 aromatic carbocycles. The molecule has 1 saturated heterocycles. The van der Waals surface area contributed by atoms with Crippen LogP contribution < -0.4 is 16.4 Å². The fourth-order valence-corrected chi connectivity index (χ4v) is 6.93. The largest absolute Gasteiger partial charge is 0.348 e. The first-order chi connectivity index (χ1) is 19.5. The normalized spacial score (nSPS) is 21.1. The number of rotatable bonds is 14. The first-order valence-electron chi connectivity index (χ1n) is 14.4. The average Bonchev–Trinajstić information content (AvgIpc) is 3.36. The van der Waals surface area contributed by atoms with Crippen LogP contribution in [0.5, 0.6) is 0 Å². The topological polar surface area (TPSA) is 180 Å². The van der Waals surface area contributed by atoms with Gasteiger partial charge in [-0.15, -0.1) is 0 Å². The van der Waals surface area contributed by atoms with Crippen LogP contribution in [-0.2, 0) is 34.8 Å². The molecule has 2 aliphatic rings. The van der Waals surface area contributed by atoms with Gasteiger partial charge in [0, 0.05) is 13.1 Å². The third kappa shape index (κ3) is 9.46.